The van der Waals surface area contributed by atoms with E-state index >= 15 is 4.79 Å². The van der Waals surface area contributed by atoms with Gasteiger partial charge in [0.2, 0.25) is 6.29 Å². The number of allylic oxidation sites excluding steroid dienone is 2. The van der Waals surface area contributed by atoms with Gasteiger partial charge in [0.25, 0.3) is 0 Å². The van der Waals surface area contributed by atoms with E-state index in [1.54, 1.807) is 0 Å². The summed E-state index contributed by atoms with van der Waals surface area (Å²) in [7, 11) is 0. The fourth-order valence-electron chi connectivity index (χ4n) is 18.9. The van der Waals surface area contributed by atoms with Crippen LogP contribution in [0.25, 0.3) is 0 Å². The summed E-state index contributed by atoms with van der Waals surface area (Å²) in [5.41, 5.74) is -5.15. The number of aliphatic hydroxyl groups is 15. The Hall–Kier alpha value is -2.89. The van der Waals surface area contributed by atoms with Crippen LogP contribution in [0.15, 0.2) is 11.6 Å². The number of esters is 2. The van der Waals surface area contributed by atoms with Crippen molar-refractivity contribution in [3.05, 3.63) is 11.6 Å². The van der Waals surface area contributed by atoms with E-state index in [9.17, 15) is 91.3 Å². The molecule has 6 saturated heterocycles. The maximum atomic E-state index is 15.7. The van der Waals surface area contributed by atoms with E-state index in [-0.39, 0.29) is 35.5 Å². The standard InChI is InChI=1S/C65H102O32/c1-25-45(92-52-43(78)46(30(69)21-86-52)93-57-50(80)64(84,23-66)24-88-57)47(94-53-41(76)38(73)37(72)31(90-53)22-85-26(2)67)44(79)55(89-25)96-49-36(71)29(68)20-87-56(49)97-58(83)65-17-16-59(3,4)18-28(65)27-10-11-33-61(7)14-13-35(91-54-42(77)39(74)40(75)48(95-54)51(81)82)60(5,6)32(61)12-15-62(33,8)63(27,9)19-34(65)70/h10,25,28-50,52-57,66,68-80,84H,11-24H2,1-9H3,(H,81,82)/t25-,28-,29+,30+,31+,32?,33+,34+,35-,36-,37+,38-,39-,40-,41+,42+,43+,44+,45-,46-,47-,48-,49+,50-,52-,53-,54+,55-,56-,57-,61-,62+,63+,64+,65+/m0/s1. The Bertz CT molecular complexity index is 2850. The lowest BCUT2D eigenvalue weighted by Crippen LogP contribution is -2.68. The second kappa shape index (κ2) is 27.6. The van der Waals surface area contributed by atoms with Crippen molar-refractivity contribution in [3.63, 3.8) is 0 Å². The predicted octanol–water partition coefficient (Wildman–Crippen LogP) is -3.81. The molecule has 0 radical (unpaired) electrons. The number of carboxylic acid groups (broad SMARTS) is 1. The molecule has 6 aliphatic heterocycles. The summed E-state index contributed by atoms with van der Waals surface area (Å²) < 4.78 is 77.1. The van der Waals surface area contributed by atoms with E-state index in [0.29, 0.717) is 44.9 Å². The highest BCUT2D eigenvalue weighted by Gasteiger charge is 2.73. The number of fused-ring (bicyclic) bond motifs is 7. The van der Waals surface area contributed by atoms with Crippen LogP contribution in [0.4, 0.5) is 0 Å². The van der Waals surface area contributed by atoms with Crippen LogP contribution in [0.1, 0.15) is 120 Å². The third-order valence-electron chi connectivity index (χ3n) is 24.8. The molecule has 0 bridgehead atoms. The zero-order valence-corrected chi connectivity index (χ0v) is 56.0. The summed E-state index contributed by atoms with van der Waals surface area (Å²) in [4.78, 5) is 39.6. The van der Waals surface area contributed by atoms with Gasteiger partial charge in [0.15, 0.2) is 43.7 Å². The number of carbonyl (C=O) groups excluding carboxylic acids is 2. The molecule has 0 aromatic heterocycles. The summed E-state index contributed by atoms with van der Waals surface area (Å²) in [5, 5.41) is 178. The summed E-state index contributed by atoms with van der Waals surface area (Å²) in [6.07, 6.45) is -40.7. The molecule has 6 heterocycles. The number of hydrogen-bond acceptors (Lipinski definition) is 31. The van der Waals surface area contributed by atoms with Gasteiger partial charge in [0.05, 0.1) is 44.7 Å². The molecule has 10 fully saturated rings. The number of hydrogen-bond donors (Lipinski definition) is 16. The molecule has 0 amide bonds. The van der Waals surface area contributed by atoms with Crippen LogP contribution < -0.4 is 0 Å². The van der Waals surface area contributed by atoms with E-state index in [1.807, 2.05) is 0 Å². The lowest BCUT2D eigenvalue weighted by atomic mass is 9.33. The highest BCUT2D eigenvalue weighted by atomic mass is 16.8. The molecule has 97 heavy (non-hydrogen) atoms. The second-order valence-corrected chi connectivity index (χ2v) is 31.4. The van der Waals surface area contributed by atoms with Crippen LogP contribution in [0.3, 0.4) is 0 Å². The summed E-state index contributed by atoms with van der Waals surface area (Å²) in [5.74, 6) is -3.73. The molecular formula is C65H102O32. The molecule has 5 aliphatic carbocycles. The molecule has 0 aromatic rings. The number of aliphatic hydroxyl groups excluding tert-OH is 14. The first-order chi connectivity index (χ1) is 45.3. The minimum absolute atomic E-state index is 0.0225. The lowest BCUT2D eigenvalue weighted by molar-refractivity contribution is -0.394. The normalized spacial score (nSPS) is 52.7. The third-order valence-corrected chi connectivity index (χ3v) is 24.8. The molecule has 11 rings (SSSR count). The molecule has 4 saturated carbocycles. The van der Waals surface area contributed by atoms with Gasteiger partial charge in [-0.05, 0) is 110 Å². The average Bonchev–Trinajstić information content (AvgIpc) is 0.983. The minimum atomic E-state index is -2.17. The molecule has 16 N–H and O–H groups in total. The monoisotopic (exact) mass is 1390 g/mol. The summed E-state index contributed by atoms with van der Waals surface area (Å²) >= 11 is 0. The Labute approximate surface area is 560 Å². The van der Waals surface area contributed by atoms with Crippen molar-refractivity contribution < 1.29 is 158 Å². The van der Waals surface area contributed by atoms with E-state index in [0.717, 1.165) is 12.5 Å². The van der Waals surface area contributed by atoms with Crippen molar-refractivity contribution >= 4 is 17.9 Å². The summed E-state index contributed by atoms with van der Waals surface area (Å²) in [6.45, 7) is 14.2. The molecule has 35 atom stereocenters. The first-order valence-corrected chi connectivity index (χ1v) is 33.8. The topological polar surface area (TPSA) is 495 Å². The van der Waals surface area contributed by atoms with Crippen molar-refractivity contribution in [2.24, 2.45) is 50.2 Å². The van der Waals surface area contributed by atoms with Crippen LogP contribution in [0.2, 0.25) is 0 Å². The van der Waals surface area contributed by atoms with E-state index in [1.165, 1.54) is 6.92 Å². The van der Waals surface area contributed by atoms with Gasteiger partial charge in [-0.15, -0.1) is 0 Å². The molecule has 1 unspecified atom stereocenters. The van der Waals surface area contributed by atoms with Gasteiger partial charge in [-0.3, -0.25) is 9.59 Å². The molecule has 11 aliphatic rings. The molecule has 32 heteroatoms. The van der Waals surface area contributed by atoms with Crippen LogP contribution in [0.5, 0.6) is 0 Å². The largest absolute Gasteiger partial charge is 0.479 e. The predicted molar refractivity (Wildman–Crippen MR) is 320 cm³/mol. The molecule has 32 nitrogen and oxygen atoms in total. The van der Waals surface area contributed by atoms with Crippen LogP contribution in [0, 0.1) is 50.2 Å². The molecule has 554 valence electrons. The smallest absolute Gasteiger partial charge is 0.335 e. The Morgan fingerprint density at radius 2 is 1.20 bits per heavy atom. The van der Waals surface area contributed by atoms with Gasteiger partial charge >= 0.3 is 17.9 Å². The maximum Gasteiger partial charge on any atom is 0.335 e. The number of ether oxygens (including phenoxy) is 13. The van der Waals surface area contributed by atoms with Crippen molar-refractivity contribution in [2.75, 3.05) is 33.0 Å². The van der Waals surface area contributed by atoms with Crippen LogP contribution in [-0.4, -0.2) is 304 Å². The Balaban J connectivity index is 0.845. The van der Waals surface area contributed by atoms with Crippen molar-refractivity contribution in [1.82, 2.24) is 0 Å². The zero-order chi connectivity index (χ0) is 70.9. The maximum absolute atomic E-state index is 15.7. The van der Waals surface area contributed by atoms with E-state index < -0.39 is 250 Å². The van der Waals surface area contributed by atoms with E-state index in [2.05, 4.69) is 54.5 Å². The number of aliphatic carboxylic acids is 1. The number of carboxylic acids is 1. The number of carbonyl (C=O) groups is 3. The molecule has 0 aromatic carbocycles. The fourth-order valence-corrected chi connectivity index (χ4v) is 18.9. The zero-order valence-electron chi connectivity index (χ0n) is 56.0. The Morgan fingerprint density at radius 3 is 1.86 bits per heavy atom. The van der Waals surface area contributed by atoms with Crippen LogP contribution in [-0.2, 0) is 76.0 Å². The minimum Gasteiger partial charge on any atom is -0.479 e. The quantitative estimate of drug-likeness (QED) is 0.0400. The van der Waals surface area contributed by atoms with Crippen molar-refractivity contribution in [3.8, 4) is 0 Å². The highest BCUT2D eigenvalue weighted by molar-refractivity contribution is 5.80. The van der Waals surface area contributed by atoms with Gasteiger partial charge in [-0.1, -0.05) is 60.1 Å². The Kier molecular flexibility index (Phi) is 21.4. The third kappa shape index (κ3) is 13.0. The average molecular weight is 1400 g/mol. The van der Waals surface area contributed by atoms with Crippen LogP contribution >= 0.6 is 0 Å². The fraction of sp³-hybridized carbons (Fsp3) is 0.923. The number of rotatable bonds is 16. The van der Waals surface area contributed by atoms with E-state index in [4.69, 9.17) is 61.6 Å². The summed E-state index contributed by atoms with van der Waals surface area (Å²) in [6, 6.07) is 0. The Morgan fingerprint density at radius 1 is 0.588 bits per heavy atom. The first-order valence-electron chi connectivity index (χ1n) is 33.8. The first kappa shape index (κ1) is 75.3. The SMILES string of the molecule is CC(=O)OC[C@H]1O[C@@H](O[C@H]2[C@@H](O)[C@H](O[C@H]3[C@H](OC(=O)[C@]45CCC(C)(C)C[C@H]4C4=CC[C@@H]6[C@@]7(C)CC[C@H](O[C@@H]8O[C@H](C(=O)O)[C@@H](O)[C@H](O)[C@H]8O)C(C)(C)C7CC[C@@]6(C)[C@]4(C)C[C@H]5O)OC[C@@H](O)[C@@H]3O)O[C@@H](C)[C@@H]2O[C@@H]2OC[C@@H](O)[C@H](O[C@@H]3OC[C@](O)(CO)[C@H]3O)[C@H]2O)[C@H](O)[C@@H](O)[C@@H]1O. The van der Waals surface area contributed by atoms with Crippen molar-refractivity contribution in [1.29, 1.82) is 0 Å². The second-order valence-electron chi connectivity index (χ2n) is 31.4. The van der Waals surface area contributed by atoms with Gasteiger partial charge in [0, 0.05) is 6.92 Å². The molecule has 0 spiro atoms. The van der Waals surface area contributed by atoms with Gasteiger partial charge in [-0.25, -0.2) is 4.79 Å². The van der Waals surface area contributed by atoms with Gasteiger partial charge in [-0.2, -0.15) is 0 Å². The highest BCUT2D eigenvalue weighted by Crippen LogP contribution is 2.76. The van der Waals surface area contributed by atoms with Gasteiger partial charge in [0.1, 0.15) is 115 Å². The van der Waals surface area contributed by atoms with Gasteiger partial charge < -0.3 is 143 Å². The molecular weight excluding hydrogens is 1290 g/mol. The lowest BCUT2D eigenvalue weighted by Gasteiger charge is -2.71. The van der Waals surface area contributed by atoms with Crippen molar-refractivity contribution in [2.45, 2.75) is 292 Å².